The molecule has 0 amide bonds. The van der Waals surface area contributed by atoms with Crippen LogP contribution in [0.1, 0.15) is 63.5 Å². The van der Waals surface area contributed by atoms with Gasteiger partial charge in [0.15, 0.2) is 0 Å². The highest BCUT2D eigenvalue weighted by molar-refractivity contribution is 7.74. The average Bonchev–Trinajstić information content (AvgIpc) is 2.64. The van der Waals surface area contributed by atoms with E-state index in [0.717, 1.165) is 0 Å². The molecule has 0 saturated carbocycles. The number of unbranched alkanes of at least 4 members (excludes halogenated alkanes) is 4. The molecular formula is C24H36BrP. The number of benzene rings is 2. The molecule has 0 atom stereocenters. The fraction of sp³-hybridized carbons (Fsp3) is 0.500. The first-order valence-electron chi connectivity index (χ1n) is 10.2. The zero-order valence-corrected chi connectivity index (χ0v) is 19.2. The van der Waals surface area contributed by atoms with Gasteiger partial charge >= 0.3 is 0 Å². The minimum absolute atomic E-state index is 0. The second-order valence-electron chi connectivity index (χ2n) is 7.49. The van der Waals surface area contributed by atoms with E-state index in [1.165, 1.54) is 63.2 Å². The van der Waals surface area contributed by atoms with Crippen molar-refractivity contribution in [1.82, 2.24) is 0 Å². The second-order valence-corrected chi connectivity index (χ2v) is 11.7. The molecule has 0 unspecified atom stereocenters. The predicted octanol–water partition coefficient (Wildman–Crippen LogP) is 4.79. The Morgan fingerprint density at radius 3 is 1.31 bits per heavy atom. The van der Waals surface area contributed by atoms with Crippen molar-refractivity contribution in [3.05, 3.63) is 71.8 Å². The van der Waals surface area contributed by atoms with E-state index in [0.29, 0.717) is 0 Å². The molecule has 0 aliphatic carbocycles. The lowest BCUT2D eigenvalue weighted by Crippen LogP contribution is -3.00. The summed E-state index contributed by atoms with van der Waals surface area (Å²) in [5.41, 5.74) is 3.11. The van der Waals surface area contributed by atoms with Gasteiger partial charge in [-0.25, -0.2) is 0 Å². The van der Waals surface area contributed by atoms with Crippen LogP contribution in [0.4, 0.5) is 0 Å². The molecule has 0 aliphatic heterocycles. The van der Waals surface area contributed by atoms with Gasteiger partial charge in [-0.15, -0.1) is 0 Å². The number of halogens is 1. The summed E-state index contributed by atoms with van der Waals surface area (Å²) in [5, 5.41) is 0. The molecule has 2 aromatic rings. The molecule has 2 rings (SSSR count). The van der Waals surface area contributed by atoms with Crippen LogP contribution >= 0.6 is 7.26 Å². The monoisotopic (exact) mass is 434 g/mol. The van der Waals surface area contributed by atoms with Crippen LogP contribution in [0.15, 0.2) is 60.7 Å². The lowest BCUT2D eigenvalue weighted by molar-refractivity contribution is -0.00000547. The molecule has 0 bridgehead atoms. The molecule has 2 heteroatoms. The van der Waals surface area contributed by atoms with Crippen molar-refractivity contribution >= 4 is 7.26 Å². The Morgan fingerprint density at radius 2 is 0.962 bits per heavy atom. The topological polar surface area (TPSA) is 0 Å². The zero-order valence-electron chi connectivity index (χ0n) is 16.7. The van der Waals surface area contributed by atoms with Crippen LogP contribution in [-0.4, -0.2) is 12.3 Å². The van der Waals surface area contributed by atoms with Crippen molar-refractivity contribution in [2.75, 3.05) is 12.3 Å². The van der Waals surface area contributed by atoms with E-state index in [1.807, 2.05) is 0 Å². The van der Waals surface area contributed by atoms with Crippen LogP contribution in [-0.2, 0) is 12.3 Å². The molecule has 0 N–H and O–H groups in total. The number of hydrogen-bond acceptors (Lipinski definition) is 0. The molecule has 0 nitrogen and oxygen atoms in total. The van der Waals surface area contributed by atoms with Gasteiger partial charge in [-0.1, -0.05) is 100 Å². The van der Waals surface area contributed by atoms with E-state index in [9.17, 15) is 0 Å². The van der Waals surface area contributed by atoms with Crippen LogP contribution in [0, 0.1) is 0 Å². The van der Waals surface area contributed by atoms with E-state index in [-0.39, 0.29) is 17.0 Å². The minimum atomic E-state index is -0.999. The van der Waals surface area contributed by atoms with Gasteiger partial charge in [0.05, 0.1) is 24.6 Å². The van der Waals surface area contributed by atoms with Crippen molar-refractivity contribution in [2.24, 2.45) is 0 Å². The first kappa shape index (κ1) is 23.4. The van der Waals surface area contributed by atoms with Crippen LogP contribution in [0.5, 0.6) is 0 Å². The van der Waals surface area contributed by atoms with Crippen LogP contribution in [0.2, 0.25) is 0 Å². The number of rotatable bonds is 12. The zero-order chi connectivity index (χ0) is 17.8. The third kappa shape index (κ3) is 8.36. The molecule has 26 heavy (non-hydrogen) atoms. The normalized spacial score (nSPS) is 11.2. The molecule has 2 aromatic carbocycles. The third-order valence-corrected chi connectivity index (χ3v) is 9.80. The van der Waals surface area contributed by atoms with Gasteiger partial charge in [0, 0.05) is 7.26 Å². The van der Waals surface area contributed by atoms with Crippen molar-refractivity contribution < 1.29 is 17.0 Å². The van der Waals surface area contributed by atoms with Gasteiger partial charge in [-0.3, -0.25) is 0 Å². The smallest absolute Gasteiger partial charge is 0.0846 e. The summed E-state index contributed by atoms with van der Waals surface area (Å²) in [6, 6.07) is 22.5. The van der Waals surface area contributed by atoms with E-state index in [1.54, 1.807) is 11.1 Å². The van der Waals surface area contributed by atoms with Gasteiger partial charge in [-0.2, -0.15) is 0 Å². The Bertz CT molecular complexity index is 514. The lowest BCUT2D eigenvalue weighted by Gasteiger charge is -2.28. The highest BCUT2D eigenvalue weighted by Crippen LogP contribution is 2.65. The van der Waals surface area contributed by atoms with Crippen molar-refractivity contribution in [3.63, 3.8) is 0 Å². The van der Waals surface area contributed by atoms with E-state index >= 15 is 0 Å². The quantitative estimate of drug-likeness (QED) is 0.332. The molecule has 0 spiro atoms. The van der Waals surface area contributed by atoms with Gasteiger partial charge in [-0.05, 0) is 24.0 Å². The van der Waals surface area contributed by atoms with Crippen molar-refractivity contribution in [2.45, 2.75) is 64.7 Å². The van der Waals surface area contributed by atoms with Crippen molar-refractivity contribution in [3.8, 4) is 0 Å². The molecule has 0 fully saturated rings. The molecule has 0 aliphatic rings. The van der Waals surface area contributed by atoms with Crippen LogP contribution in [0.25, 0.3) is 0 Å². The summed E-state index contributed by atoms with van der Waals surface area (Å²) in [4.78, 5) is 0. The SMILES string of the molecule is CCCCC[P+](CCCCC)(Cc1ccccc1)Cc1ccccc1.[Br-]. The van der Waals surface area contributed by atoms with E-state index in [4.69, 9.17) is 0 Å². The van der Waals surface area contributed by atoms with E-state index in [2.05, 4.69) is 74.5 Å². The molecule has 0 aromatic heterocycles. The molecule has 144 valence electrons. The minimum Gasteiger partial charge on any atom is -1.00 e. The summed E-state index contributed by atoms with van der Waals surface area (Å²) in [5.74, 6) is 0. The third-order valence-electron chi connectivity index (χ3n) is 5.19. The maximum Gasteiger partial charge on any atom is 0.0846 e. The van der Waals surface area contributed by atoms with Gasteiger partial charge in [0.25, 0.3) is 0 Å². The molecule has 0 radical (unpaired) electrons. The lowest BCUT2D eigenvalue weighted by atomic mass is 10.2. The van der Waals surface area contributed by atoms with Gasteiger partial charge in [0.1, 0.15) is 0 Å². The summed E-state index contributed by atoms with van der Waals surface area (Å²) in [6.45, 7) is 4.65. The maximum absolute atomic E-state index is 2.35. The Balaban J connectivity index is 0.00000338. The summed E-state index contributed by atoms with van der Waals surface area (Å²) in [6.07, 6.45) is 13.8. The Kier molecular flexibility index (Phi) is 12.2. The fourth-order valence-electron chi connectivity index (χ4n) is 3.82. The highest BCUT2D eigenvalue weighted by atomic mass is 79.9. The maximum atomic E-state index is 2.35. The summed E-state index contributed by atoms with van der Waals surface area (Å²) < 4.78 is 0. The second kappa shape index (κ2) is 13.5. The highest BCUT2D eigenvalue weighted by Gasteiger charge is 2.36. The average molecular weight is 435 g/mol. The molecule has 0 heterocycles. The summed E-state index contributed by atoms with van der Waals surface area (Å²) >= 11 is 0. The Hall–Kier alpha value is -0.650. The van der Waals surface area contributed by atoms with Crippen LogP contribution in [0.3, 0.4) is 0 Å². The standard InChI is InChI=1S/C24H36P.BrH/c1-3-5-13-19-25(20-14-6-4-2,21-23-15-9-7-10-16-23)22-24-17-11-8-12-18-24;/h7-12,15-18H,3-6,13-14,19-22H2,1-2H3;1H/q+1;/p-1. The van der Waals surface area contributed by atoms with Crippen LogP contribution < -0.4 is 17.0 Å². The van der Waals surface area contributed by atoms with Crippen molar-refractivity contribution in [1.29, 1.82) is 0 Å². The first-order valence-corrected chi connectivity index (χ1v) is 12.7. The molecule has 0 saturated heterocycles. The number of hydrogen-bond donors (Lipinski definition) is 0. The Morgan fingerprint density at radius 1 is 0.577 bits per heavy atom. The molecular weight excluding hydrogens is 399 g/mol. The fourth-order valence-corrected chi connectivity index (χ4v) is 8.55. The van der Waals surface area contributed by atoms with E-state index < -0.39 is 7.26 Å². The van der Waals surface area contributed by atoms with Gasteiger partial charge in [0.2, 0.25) is 0 Å². The summed E-state index contributed by atoms with van der Waals surface area (Å²) in [7, 11) is -0.999. The van der Waals surface area contributed by atoms with Gasteiger partial charge < -0.3 is 17.0 Å². The Labute approximate surface area is 172 Å². The predicted molar refractivity (Wildman–Crippen MR) is 116 cm³/mol. The first-order chi connectivity index (χ1) is 12.3. The largest absolute Gasteiger partial charge is 1.00 e.